The van der Waals surface area contributed by atoms with Gasteiger partial charge in [0.2, 0.25) is 5.91 Å². The lowest BCUT2D eigenvalue weighted by Crippen LogP contribution is -2.44. The zero-order valence-electron chi connectivity index (χ0n) is 18.6. The van der Waals surface area contributed by atoms with Crippen LogP contribution in [0.15, 0.2) is 54.7 Å². The summed E-state index contributed by atoms with van der Waals surface area (Å²) in [7, 11) is 0. The van der Waals surface area contributed by atoms with Gasteiger partial charge in [0.25, 0.3) is 0 Å². The monoisotopic (exact) mass is 462 g/mol. The third-order valence-electron chi connectivity index (χ3n) is 6.33. The number of carboxylic acid groups (broad SMARTS) is 1. The molecule has 0 bridgehead atoms. The Morgan fingerprint density at radius 1 is 1.12 bits per heavy atom. The maximum atomic E-state index is 11.9. The number of ether oxygens (including phenoxy) is 2. The highest BCUT2D eigenvalue weighted by Crippen LogP contribution is 2.35. The second kappa shape index (κ2) is 9.56. The first kappa shape index (κ1) is 22.0. The lowest BCUT2D eigenvalue weighted by Gasteiger charge is -2.32. The summed E-state index contributed by atoms with van der Waals surface area (Å²) in [4.78, 5) is 24.8. The van der Waals surface area contributed by atoms with Crippen molar-refractivity contribution in [1.29, 1.82) is 0 Å². The van der Waals surface area contributed by atoms with Crippen LogP contribution >= 0.6 is 0 Å². The number of carbonyl (C=O) groups excluding carboxylic acids is 1. The van der Waals surface area contributed by atoms with Crippen LogP contribution in [-0.2, 0) is 11.2 Å². The summed E-state index contributed by atoms with van der Waals surface area (Å²) in [5.74, 6) is 1.65. The van der Waals surface area contributed by atoms with E-state index in [0.29, 0.717) is 12.8 Å². The van der Waals surface area contributed by atoms with Gasteiger partial charge in [-0.2, -0.15) is 5.10 Å². The van der Waals surface area contributed by atoms with Crippen molar-refractivity contribution in [3.8, 4) is 28.5 Å². The van der Waals surface area contributed by atoms with Gasteiger partial charge in [-0.05, 0) is 73.5 Å². The molecule has 2 aromatic carbocycles. The van der Waals surface area contributed by atoms with Crippen LogP contribution < -0.4 is 14.8 Å². The minimum atomic E-state index is -1.29. The lowest BCUT2D eigenvalue weighted by atomic mass is 9.95. The van der Waals surface area contributed by atoms with Gasteiger partial charge in [-0.15, -0.1) is 0 Å². The number of nitrogens with zero attached hydrogens (tertiary/aromatic N) is 2. The number of benzene rings is 2. The number of rotatable bonds is 6. The van der Waals surface area contributed by atoms with Crippen LogP contribution in [0, 0.1) is 5.92 Å². The van der Waals surface area contributed by atoms with Crippen LogP contribution in [-0.4, -0.2) is 57.9 Å². The summed E-state index contributed by atoms with van der Waals surface area (Å²) in [5, 5.41) is 17.6. The number of amides is 2. The van der Waals surface area contributed by atoms with E-state index >= 15 is 0 Å². The van der Waals surface area contributed by atoms with Crippen molar-refractivity contribution in [3.63, 3.8) is 0 Å². The van der Waals surface area contributed by atoms with E-state index in [1.54, 1.807) is 6.20 Å². The molecule has 176 valence electrons. The average Bonchev–Trinajstić information content (AvgIpc) is 3.49. The number of aromatic amines is 1. The van der Waals surface area contributed by atoms with Gasteiger partial charge in [0, 0.05) is 31.1 Å². The number of hydrogen-bond acceptors (Lipinski definition) is 6. The molecule has 1 atom stereocenters. The fraction of sp³-hybridized carbons (Fsp3) is 0.320. The lowest BCUT2D eigenvalue weighted by molar-refractivity contribution is -0.125. The van der Waals surface area contributed by atoms with Crippen molar-refractivity contribution in [2.75, 3.05) is 19.6 Å². The van der Waals surface area contributed by atoms with Gasteiger partial charge < -0.3 is 14.6 Å². The highest BCUT2D eigenvalue weighted by atomic mass is 16.5. The van der Waals surface area contributed by atoms with E-state index in [2.05, 4.69) is 15.1 Å². The van der Waals surface area contributed by atoms with E-state index in [4.69, 9.17) is 14.6 Å². The van der Waals surface area contributed by atoms with Gasteiger partial charge >= 0.3 is 6.09 Å². The number of fused-ring (bicyclic) bond motifs is 1. The van der Waals surface area contributed by atoms with Crippen LogP contribution in [0.2, 0.25) is 0 Å². The zero-order chi connectivity index (χ0) is 23.5. The van der Waals surface area contributed by atoms with Crippen molar-refractivity contribution in [3.05, 3.63) is 60.3 Å². The number of piperidine rings is 1. The second-order valence-electron chi connectivity index (χ2n) is 8.68. The normalized spacial score (nSPS) is 18.2. The fourth-order valence-electron chi connectivity index (χ4n) is 4.57. The molecular formula is C25H26N4O5. The fourth-order valence-corrected chi connectivity index (χ4v) is 4.57. The van der Waals surface area contributed by atoms with Gasteiger partial charge in [0.1, 0.15) is 23.4 Å². The van der Waals surface area contributed by atoms with E-state index in [1.165, 1.54) is 0 Å². The molecule has 2 aliphatic heterocycles. The maximum absolute atomic E-state index is 11.9. The van der Waals surface area contributed by atoms with Crippen LogP contribution in [0.4, 0.5) is 4.79 Å². The Morgan fingerprint density at radius 2 is 1.88 bits per heavy atom. The predicted molar refractivity (Wildman–Crippen MR) is 124 cm³/mol. The quantitative estimate of drug-likeness (QED) is 0.512. The van der Waals surface area contributed by atoms with Crippen LogP contribution in [0.3, 0.4) is 0 Å². The number of H-pyrrole nitrogens is 1. The Balaban J connectivity index is 1.13. The molecule has 34 heavy (non-hydrogen) atoms. The highest BCUT2D eigenvalue weighted by Gasteiger charge is 2.30. The number of hydrogen-bond donors (Lipinski definition) is 3. The first-order valence-corrected chi connectivity index (χ1v) is 11.4. The average molecular weight is 463 g/mol. The largest absolute Gasteiger partial charge is 0.488 e. The van der Waals surface area contributed by atoms with E-state index in [-0.39, 0.29) is 12.0 Å². The van der Waals surface area contributed by atoms with Crippen LogP contribution in [0.1, 0.15) is 18.4 Å². The number of aromatic nitrogens is 2. The third kappa shape index (κ3) is 5.04. The van der Waals surface area contributed by atoms with Gasteiger partial charge in [-0.1, -0.05) is 6.07 Å². The summed E-state index contributed by atoms with van der Waals surface area (Å²) in [5.41, 5.74) is 3.15. The molecule has 9 heteroatoms. The molecule has 3 N–H and O–H groups in total. The molecule has 2 aliphatic rings. The Morgan fingerprint density at radius 3 is 2.59 bits per heavy atom. The van der Waals surface area contributed by atoms with Crippen molar-refractivity contribution >= 4 is 12.0 Å². The van der Waals surface area contributed by atoms with Gasteiger partial charge in [-0.3, -0.25) is 20.1 Å². The summed E-state index contributed by atoms with van der Waals surface area (Å²) in [6.07, 6.45) is 2.60. The van der Waals surface area contributed by atoms with E-state index < -0.39 is 12.0 Å². The van der Waals surface area contributed by atoms with E-state index in [1.807, 2.05) is 53.8 Å². The molecule has 5 rings (SSSR count). The van der Waals surface area contributed by atoms with Crippen LogP contribution in [0.5, 0.6) is 17.2 Å². The van der Waals surface area contributed by atoms with Crippen molar-refractivity contribution < 1.29 is 24.2 Å². The molecule has 1 aromatic heterocycles. The molecule has 1 fully saturated rings. The Labute approximate surface area is 196 Å². The number of carbonyl (C=O) groups is 2. The number of nitrogens with one attached hydrogen (secondary N) is 2. The predicted octanol–water partition coefficient (Wildman–Crippen LogP) is 3.68. The summed E-state index contributed by atoms with van der Waals surface area (Å²) >= 11 is 0. The molecule has 1 saturated heterocycles. The topological polar surface area (TPSA) is 117 Å². The molecule has 3 heterocycles. The molecule has 9 nitrogen and oxygen atoms in total. The summed E-state index contributed by atoms with van der Waals surface area (Å²) < 4.78 is 12.2. The molecule has 1 unspecified atom stereocenters. The van der Waals surface area contributed by atoms with Crippen molar-refractivity contribution in [2.45, 2.75) is 25.4 Å². The minimum Gasteiger partial charge on any atom is -0.488 e. The minimum absolute atomic E-state index is 0.0448. The SMILES string of the molecule is O=C(O)NC(=O)C1CCN(CC2Cc3ccc(Oc4ccc(-c5ccn[nH]5)cc4)cc3O2)CC1. The van der Waals surface area contributed by atoms with Gasteiger partial charge in [-0.25, -0.2) is 4.79 Å². The molecule has 0 saturated carbocycles. The Bertz CT molecular complexity index is 1150. The standard InChI is InChI=1S/C25H26N4O5/c30-24(27-25(31)32)17-8-11-29(12-9-17)15-21-13-18-3-6-20(14-23(18)34-21)33-19-4-1-16(2-5-19)22-7-10-26-28-22/h1-7,10,14,17,21H,8-9,11-13,15H2,(H,26,28)(H,27,30)(H,31,32). The van der Waals surface area contributed by atoms with E-state index in [9.17, 15) is 9.59 Å². The van der Waals surface area contributed by atoms with Gasteiger partial charge in [0.15, 0.2) is 0 Å². The number of imide groups is 1. The molecule has 3 aromatic rings. The second-order valence-corrected chi connectivity index (χ2v) is 8.68. The highest BCUT2D eigenvalue weighted by molar-refractivity contribution is 5.92. The zero-order valence-corrected chi connectivity index (χ0v) is 18.6. The van der Waals surface area contributed by atoms with E-state index in [0.717, 1.165) is 60.1 Å². The third-order valence-corrected chi connectivity index (χ3v) is 6.33. The smallest absolute Gasteiger partial charge is 0.411 e. The Kier molecular flexibility index (Phi) is 6.18. The summed E-state index contributed by atoms with van der Waals surface area (Å²) in [6, 6.07) is 15.7. The molecule has 2 amide bonds. The van der Waals surface area contributed by atoms with Gasteiger partial charge in [0.05, 0.1) is 5.69 Å². The molecule has 0 aliphatic carbocycles. The molecule has 0 spiro atoms. The molecular weight excluding hydrogens is 436 g/mol. The number of likely N-dealkylation sites (tertiary alicyclic amines) is 1. The van der Waals surface area contributed by atoms with Crippen LogP contribution in [0.25, 0.3) is 11.3 Å². The summed E-state index contributed by atoms with van der Waals surface area (Å²) in [6.45, 7) is 2.26. The first-order valence-electron chi connectivity index (χ1n) is 11.4. The Hall–Kier alpha value is -3.85. The molecule has 0 radical (unpaired) electrons. The first-order chi connectivity index (χ1) is 16.5. The maximum Gasteiger partial charge on any atom is 0.411 e. The van der Waals surface area contributed by atoms with Crippen molar-refractivity contribution in [2.24, 2.45) is 5.92 Å². The van der Waals surface area contributed by atoms with Crippen molar-refractivity contribution in [1.82, 2.24) is 20.4 Å².